The molecule has 1 aromatic heterocycles. The standard InChI is InChI=1S/C22H20N6O2/c1-2-5-17-20(22(30)28-26-17)19-11-18(13-6-3-4-7-15(13)24-19)23-12-8-9-16-14(10-12)21(29)27-25-16/h3-4,6-11,23-24H,2,5H2,1H3,(H,28,30)(H2,25,27,29). The molecule has 0 atom stereocenters. The summed E-state index contributed by atoms with van der Waals surface area (Å²) in [6.07, 6.45) is 3.52. The van der Waals surface area contributed by atoms with Crippen molar-refractivity contribution in [3.63, 3.8) is 0 Å². The van der Waals surface area contributed by atoms with Crippen LogP contribution in [0.4, 0.5) is 11.4 Å². The number of hydrazone groups is 1. The number of carbonyl (C=O) groups is 1. The number of H-pyrrole nitrogens is 2. The zero-order valence-electron chi connectivity index (χ0n) is 16.3. The third-order valence-electron chi connectivity index (χ3n) is 5.19. The molecule has 0 saturated heterocycles. The molecule has 8 nitrogen and oxygen atoms in total. The maximum Gasteiger partial charge on any atom is 0.275 e. The Labute approximate surface area is 171 Å². The van der Waals surface area contributed by atoms with Crippen LogP contribution in [0.3, 0.4) is 0 Å². The van der Waals surface area contributed by atoms with Crippen molar-refractivity contribution in [3.05, 3.63) is 75.7 Å². The second kappa shape index (κ2) is 7.07. The molecule has 0 unspecified atom stereocenters. The highest BCUT2D eigenvalue weighted by molar-refractivity contribution is 6.26. The van der Waals surface area contributed by atoms with Crippen molar-refractivity contribution in [2.24, 2.45) is 5.10 Å². The Morgan fingerprint density at radius 3 is 2.80 bits per heavy atom. The Balaban J connectivity index is 1.61. The smallest absolute Gasteiger partial charge is 0.275 e. The number of rotatable bonds is 4. The van der Waals surface area contributed by atoms with E-state index in [1.54, 1.807) is 6.07 Å². The van der Waals surface area contributed by atoms with E-state index in [9.17, 15) is 9.59 Å². The summed E-state index contributed by atoms with van der Waals surface area (Å²) in [5.41, 5.74) is 8.62. The third kappa shape index (κ3) is 2.98. The van der Waals surface area contributed by atoms with Gasteiger partial charge in [0, 0.05) is 22.6 Å². The summed E-state index contributed by atoms with van der Waals surface area (Å²) in [4.78, 5) is 24.5. The molecule has 1 amide bonds. The lowest BCUT2D eigenvalue weighted by Crippen LogP contribution is -2.20. The molecular weight excluding hydrogens is 380 g/mol. The number of fused-ring (bicyclic) bond motifs is 2. The van der Waals surface area contributed by atoms with E-state index in [-0.39, 0.29) is 11.5 Å². The van der Waals surface area contributed by atoms with Gasteiger partial charge in [0.15, 0.2) is 0 Å². The molecule has 2 aliphatic rings. The molecule has 0 saturated carbocycles. The van der Waals surface area contributed by atoms with E-state index in [4.69, 9.17) is 0 Å². The van der Waals surface area contributed by atoms with Gasteiger partial charge < -0.3 is 10.6 Å². The first kappa shape index (κ1) is 18.0. The maximum atomic E-state index is 12.5. The number of anilines is 2. The second-order valence-electron chi connectivity index (χ2n) is 7.23. The number of carbonyl (C=O) groups excluding carboxylic acids is 1. The first-order chi connectivity index (χ1) is 14.6. The number of hydrogen-bond acceptors (Lipinski definition) is 5. The van der Waals surface area contributed by atoms with Crippen LogP contribution in [-0.2, 0) is 4.79 Å². The quantitative estimate of drug-likeness (QED) is 0.433. The molecule has 2 aliphatic heterocycles. The summed E-state index contributed by atoms with van der Waals surface area (Å²) in [5.74, 6) is -0.212. The summed E-state index contributed by atoms with van der Waals surface area (Å²) in [6.45, 7) is 2.05. The van der Waals surface area contributed by atoms with Crippen LogP contribution in [0.25, 0.3) is 16.6 Å². The molecule has 30 heavy (non-hydrogen) atoms. The van der Waals surface area contributed by atoms with E-state index in [1.165, 1.54) is 0 Å². The van der Waals surface area contributed by atoms with E-state index in [0.29, 0.717) is 23.1 Å². The number of para-hydroxylation sites is 1. The van der Waals surface area contributed by atoms with Crippen LogP contribution in [0.2, 0.25) is 0 Å². The first-order valence-electron chi connectivity index (χ1n) is 9.81. The Morgan fingerprint density at radius 1 is 1.07 bits per heavy atom. The van der Waals surface area contributed by atoms with E-state index in [1.807, 2.05) is 42.5 Å². The van der Waals surface area contributed by atoms with Crippen LogP contribution in [0.1, 0.15) is 25.3 Å². The predicted molar refractivity (Wildman–Crippen MR) is 118 cm³/mol. The van der Waals surface area contributed by atoms with Crippen molar-refractivity contribution in [3.8, 4) is 0 Å². The monoisotopic (exact) mass is 400 g/mol. The van der Waals surface area contributed by atoms with Gasteiger partial charge in [0.25, 0.3) is 11.5 Å². The van der Waals surface area contributed by atoms with Crippen molar-refractivity contribution < 1.29 is 4.79 Å². The Morgan fingerprint density at radius 2 is 1.93 bits per heavy atom. The van der Waals surface area contributed by atoms with Crippen LogP contribution in [0.15, 0.2) is 69.7 Å². The fourth-order valence-corrected chi connectivity index (χ4v) is 3.79. The fourth-order valence-electron chi connectivity index (χ4n) is 3.79. The van der Waals surface area contributed by atoms with E-state index >= 15 is 0 Å². The average Bonchev–Trinajstić information content (AvgIpc) is 3.30. The van der Waals surface area contributed by atoms with Gasteiger partial charge in [0.1, 0.15) is 0 Å². The van der Waals surface area contributed by atoms with Crippen molar-refractivity contribution in [1.29, 1.82) is 0 Å². The van der Waals surface area contributed by atoms with Crippen LogP contribution in [0.5, 0.6) is 0 Å². The molecule has 0 aliphatic carbocycles. The molecule has 3 aromatic rings. The maximum absolute atomic E-state index is 12.5. The number of aromatic amines is 2. The minimum atomic E-state index is -0.212. The lowest BCUT2D eigenvalue weighted by atomic mass is 9.98. The summed E-state index contributed by atoms with van der Waals surface area (Å²) in [5, 5.41) is 17.0. The van der Waals surface area contributed by atoms with Crippen molar-refractivity contribution in [2.75, 3.05) is 10.6 Å². The van der Waals surface area contributed by atoms with Gasteiger partial charge in [-0.05, 0) is 36.8 Å². The van der Waals surface area contributed by atoms with E-state index in [0.717, 1.165) is 40.3 Å². The van der Waals surface area contributed by atoms with Gasteiger partial charge in [-0.1, -0.05) is 31.5 Å². The van der Waals surface area contributed by atoms with Crippen LogP contribution < -0.4 is 21.6 Å². The molecule has 0 radical (unpaired) electrons. The molecular formula is C22H20N6O2. The Bertz CT molecular complexity index is 1320. The predicted octanol–water partition coefficient (Wildman–Crippen LogP) is 3.27. The van der Waals surface area contributed by atoms with Gasteiger partial charge in [-0.15, -0.1) is 0 Å². The summed E-state index contributed by atoms with van der Waals surface area (Å²) in [7, 11) is 0. The highest BCUT2D eigenvalue weighted by Gasteiger charge is 2.28. The summed E-state index contributed by atoms with van der Waals surface area (Å²) in [6, 6.07) is 13.4. The molecule has 3 heterocycles. The highest BCUT2D eigenvalue weighted by Crippen LogP contribution is 2.34. The van der Waals surface area contributed by atoms with Gasteiger partial charge in [-0.2, -0.15) is 5.10 Å². The summed E-state index contributed by atoms with van der Waals surface area (Å²) >= 11 is 0. The number of aromatic nitrogens is 2. The third-order valence-corrected chi connectivity index (χ3v) is 5.19. The van der Waals surface area contributed by atoms with Crippen LogP contribution in [-0.4, -0.2) is 21.8 Å². The zero-order valence-corrected chi connectivity index (χ0v) is 16.3. The molecule has 5 rings (SSSR count). The van der Waals surface area contributed by atoms with Gasteiger partial charge in [0.05, 0.1) is 27.9 Å². The second-order valence-corrected chi connectivity index (χ2v) is 7.23. The minimum absolute atomic E-state index is 0.167. The number of nitrogens with one attached hydrogen (secondary N) is 5. The molecule has 2 aromatic carbocycles. The molecule has 0 fully saturated rings. The Hall–Kier alpha value is -4.07. The van der Waals surface area contributed by atoms with Crippen molar-refractivity contribution in [2.45, 2.75) is 19.8 Å². The molecule has 8 heteroatoms. The number of nitrogens with zero attached hydrogens (tertiary/aromatic N) is 1. The number of allylic oxidation sites excluding steroid dienone is 1. The van der Waals surface area contributed by atoms with Crippen LogP contribution in [0, 0.1) is 0 Å². The van der Waals surface area contributed by atoms with Gasteiger partial charge in [-0.25, -0.2) is 5.43 Å². The molecule has 0 spiro atoms. The lowest BCUT2D eigenvalue weighted by molar-refractivity contribution is -0.116. The van der Waals surface area contributed by atoms with Gasteiger partial charge in [-0.3, -0.25) is 19.8 Å². The normalized spacial score (nSPS) is 17.8. The molecule has 0 bridgehead atoms. The highest BCUT2D eigenvalue weighted by atomic mass is 16.2. The Kier molecular flexibility index (Phi) is 4.24. The van der Waals surface area contributed by atoms with Gasteiger partial charge in [0.2, 0.25) is 0 Å². The zero-order chi connectivity index (χ0) is 20.7. The van der Waals surface area contributed by atoms with E-state index < -0.39 is 0 Å². The number of hydrogen-bond donors (Lipinski definition) is 5. The SMILES string of the molecule is CCCC1=NNC(=O)C1=C1C=C(Nc2ccc3[nH][nH]c(=O)c3c2)c2ccccc2N1. The van der Waals surface area contributed by atoms with Gasteiger partial charge >= 0.3 is 0 Å². The molecule has 5 N–H and O–H groups in total. The van der Waals surface area contributed by atoms with Crippen molar-refractivity contribution in [1.82, 2.24) is 15.6 Å². The summed E-state index contributed by atoms with van der Waals surface area (Å²) < 4.78 is 0. The molecule has 150 valence electrons. The van der Waals surface area contributed by atoms with E-state index in [2.05, 4.69) is 38.3 Å². The largest absolute Gasteiger partial charge is 0.355 e. The average molecular weight is 400 g/mol. The topological polar surface area (TPSA) is 114 Å². The lowest BCUT2D eigenvalue weighted by Gasteiger charge is -2.23. The van der Waals surface area contributed by atoms with Crippen molar-refractivity contribution >= 4 is 39.6 Å². The fraction of sp³-hybridized carbons (Fsp3) is 0.136. The minimum Gasteiger partial charge on any atom is -0.355 e. The van der Waals surface area contributed by atoms with Crippen LogP contribution >= 0.6 is 0 Å². The first-order valence-corrected chi connectivity index (χ1v) is 9.81. The number of amides is 1. The number of benzene rings is 2.